The summed E-state index contributed by atoms with van der Waals surface area (Å²) < 4.78 is 5.30. The first kappa shape index (κ1) is 10.7. The maximum Gasteiger partial charge on any atom is 0.218 e. The molecule has 5 nitrogen and oxygen atoms in total. The highest BCUT2D eigenvalue weighted by molar-refractivity contribution is 5.37. The van der Waals surface area contributed by atoms with Gasteiger partial charge in [-0.15, -0.1) is 0 Å². The number of aryl methyl sites for hydroxylation is 1. The van der Waals surface area contributed by atoms with Crippen molar-refractivity contribution in [1.82, 2.24) is 15.0 Å². The fourth-order valence-corrected chi connectivity index (χ4v) is 1.05. The number of ether oxygens (including phenoxy) is 1. The highest BCUT2D eigenvalue weighted by Crippen LogP contribution is 2.12. The van der Waals surface area contributed by atoms with Crippen LogP contribution in [-0.2, 0) is 0 Å². The van der Waals surface area contributed by atoms with E-state index in [1.807, 2.05) is 33.0 Å². The van der Waals surface area contributed by atoms with Gasteiger partial charge in [0, 0.05) is 20.2 Å². The molecule has 1 heterocycles. The summed E-state index contributed by atoms with van der Waals surface area (Å²) in [5, 5.41) is 1.82. The van der Waals surface area contributed by atoms with Crippen LogP contribution >= 0.6 is 0 Å². The highest BCUT2D eigenvalue weighted by atomic mass is 16.5. The van der Waals surface area contributed by atoms with Crippen LogP contribution in [0.15, 0.2) is 6.07 Å². The van der Waals surface area contributed by atoms with E-state index in [0.29, 0.717) is 18.3 Å². The molecule has 1 aromatic heterocycles. The van der Waals surface area contributed by atoms with Crippen molar-refractivity contribution in [2.75, 3.05) is 26.1 Å². The molecule has 0 aromatic carbocycles. The monoisotopic (exact) mass is 196 g/mol. The predicted octanol–water partition coefficient (Wildman–Crippen LogP) is 1.07. The summed E-state index contributed by atoms with van der Waals surface area (Å²) in [5.74, 6) is 2.04. The summed E-state index contributed by atoms with van der Waals surface area (Å²) in [6.45, 7) is 4.37. The third kappa shape index (κ3) is 3.18. The van der Waals surface area contributed by atoms with Gasteiger partial charge in [-0.3, -0.25) is 0 Å². The molecule has 0 saturated carbocycles. The Kier molecular flexibility index (Phi) is 3.64. The zero-order valence-electron chi connectivity index (χ0n) is 9.03. The lowest BCUT2D eigenvalue weighted by molar-refractivity contribution is 0.325. The van der Waals surface area contributed by atoms with Crippen LogP contribution < -0.4 is 10.2 Å². The number of rotatable bonds is 4. The standard InChI is InChI=1S/C9H16N4O/c1-5-14-9-6-8(12-13(3)4)10-7(2)11-9/h6H,5H2,1-4H3,(H,10,11,12). The Morgan fingerprint density at radius 1 is 1.43 bits per heavy atom. The van der Waals surface area contributed by atoms with E-state index in [-0.39, 0.29) is 0 Å². The van der Waals surface area contributed by atoms with Crippen molar-refractivity contribution in [3.05, 3.63) is 11.9 Å². The van der Waals surface area contributed by atoms with Crippen LogP contribution in [0.25, 0.3) is 0 Å². The molecule has 0 aliphatic carbocycles. The Hall–Kier alpha value is -1.36. The van der Waals surface area contributed by atoms with Crippen molar-refractivity contribution in [3.63, 3.8) is 0 Å². The van der Waals surface area contributed by atoms with E-state index in [4.69, 9.17) is 4.74 Å². The number of aromatic nitrogens is 2. The second kappa shape index (κ2) is 4.76. The second-order valence-electron chi connectivity index (χ2n) is 3.08. The molecule has 1 N–H and O–H groups in total. The average Bonchev–Trinajstić information content (AvgIpc) is 2.01. The van der Waals surface area contributed by atoms with E-state index < -0.39 is 0 Å². The van der Waals surface area contributed by atoms with Crippen molar-refractivity contribution >= 4 is 5.82 Å². The van der Waals surface area contributed by atoms with Crippen LogP contribution in [0.5, 0.6) is 5.88 Å². The lowest BCUT2D eigenvalue weighted by Gasteiger charge is -2.13. The Balaban J connectivity index is 2.83. The van der Waals surface area contributed by atoms with E-state index in [0.717, 1.165) is 5.82 Å². The normalized spacial score (nSPS) is 10.4. The fraction of sp³-hybridized carbons (Fsp3) is 0.556. The third-order valence-corrected chi connectivity index (χ3v) is 1.44. The molecular formula is C9H16N4O. The van der Waals surface area contributed by atoms with Crippen molar-refractivity contribution in [2.45, 2.75) is 13.8 Å². The van der Waals surface area contributed by atoms with Crippen LogP contribution in [0.3, 0.4) is 0 Å². The summed E-state index contributed by atoms with van der Waals surface area (Å²) in [7, 11) is 3.80. The van der Waals surface area contributed by atoms with E-state index in [9.17, 15) is 0 Å². The number of anilines is 1. The van der Waals surface area contributed by atoms with Gasteiger partial charge in [0.1, 0.15) is 11.6 Å². The first-order chi connectivity index (χ1) is 6.61. The van der Waals surface area contributed by atoms with E-state index in [1.54, 1.807) is 6.07 Å². The van der Waals surface area contributed by atoms with Gasteiger partial charge < -0.3 is 10.2 Å². The van der Waals surface area contributed by atoms with Gasteiger partial charge in [0.25, 0.3) is 0 Å². The summed E-state index contributed by atoms with van der Waals surface area (Å²) in [5.41, 5.74) is 3.05. The molecule has 0 spiro atoms. The topological polar surface area (TPSA) is 50.3 Å². The third-order valence-electron chi connectivity index (χ3n) is 1.44. The van der Waals surface area contributed by atoms with Crippen LogP contribution in [0.1, 0.15) is 12.7 Å². The molecule has 0 fully saturated rings. The summed E-state index contributed by atoms with van der Waals surface area (Å²) in [4.78, 5) is 8.35. The summed E-state index contributed by atoms with van der Waals surface area (Å²) in [6.07, 6.45) is 0. The van der Waals surface area contributed by atoms with Crippen molar-refractivity contribution < 1.29 is 4.74 Å². The van der Waals surface area contributed by atoms with Gasteiger partial charge in [0.15, 0.2) is 0 Å². The Labute approximate surface area is 84.1 Å². The minimum absolute atomic E-state index is 0.601. The quantitative estimate of drug-likeness (QED) is 0.730. The molecule has 1 rings (SSSR count). The molecular weight excluding hydrogens is 180 g/mol. The maximum absolute atomic E-state index is 5.30. The molecule has 0 aliphatic rings. The number of nitrogens with one attached hydrogen (secondary N) is 1. The Bertz CT molecular complexity index is 301. The van der Waals surface area contributed by atoms with Crippen LogP contribution in [0.4, 0.5) is 5.82 Å². The number of hydrogen-bond acceptors (Lipinski definition) is 5. The molecule has 78 valence electrons. The van der Waals surface area contributed by atoms with Gasteiger partial charge in [-0.1, -0.05) is 0 Å². The largest absolute Gasteiger partial charge is 0.478 e. The molecule has 1 aromatic rings. The maximum atomic E-state index is 5.30. The molecule has 0 atom stereocenters. The Morgan fingerprint density at radius 3 is 2.71 bits per heavy atom. The first-order valence-electron chi connectivity index (χ1n) is 4.54. The molecule has 0 radical (unpaired) electrons. The van der Waals surface area contributed by atoms with Gasteiger partial charge in [-0.2, -0.15) is 4.98 Å². The zero-order chi connectivity index (χ0) is 10.6. The first-order valence-corrected chi connectivity index (χ1v) is 4.54. The van der Waals surface area contributed by atoms with Crippen molar-refractivity contribution in [3.8, 4) is 5.88 Å². The average molecular weight is 196 g/mol. The molecule has 0 bridgehead atoms. The summed E-state index contributed by atoms with van der Waals surface area (Å²) >= 11 is 0. The van der Waals surface area contributed by atoms with E-state index in [2.05, 4.69) is 15.4 Å². The van der Waals surface area contributed by atoms with Crippen molar-refractivity contribution in [2.24, 2.45) is 0 Å². The molecule has 0 amide bonds. The van der Waals surface area contributed by atoms with E-state index >= 15 is 0 Å². The zero-order valence-corrected chi connectivity index (χ0v) is 9.03. The Morgan fingerprint density at radius 2 is 2.14 bits per heavy atom. The molecule has 0 unspecified atom stereocenters. The fourth-order valence-electron chi connectivity index (χ4n) is 1.05. The summed E-state index contributed by atoms with van der Waals surface area (Å²) in [6, 6.07) is 1.77. The lowest BCUT2D eigenvalue weighted by atomic mass is 10.5. The van der Waals surface area contributed by atoms with Crippen LogP contribution in [0, 0.1) is 6.92 Å². The van der Waals surface area contributed by atoms with Gasteiger partial charge in [0.05, 0.1) is 6.61 Å². The van der Waals surface area contributed by atoms with Gasteiger partial charge >= 0.3 is 0 Å². The lowest BCUT2D eigenvalue weighted by Crippen LogP contribution is -2.20. The molecule has 5 heteroatoms. The van der Waals surface area contributed by atoms with Crippen LogP contribution in [-0.4, -0.2) is 35.7 Å². The minimum Gasteiger partial charge on any atom is -0.478 e. The minimum atomic E-state index is 0.601. The molecule has 14 heavy (non-hydrogen) atoms. The van der Waals surface area contributed by atoms with Crippen molar-refractivity contribution in [1.29, 1.82) is 0 Å². The second-order valence-corrected chi connectivity index (χ2v) is 3.08. The van der Waals surface area contributed by atoms with Crippen LogP contribution in [0.2, 0.25) is 0 Å². The smallest absolute Gasteiger partial charge is 0.218 e. The van der Waals surface area contributed by atoms with Gasteiger partial charge in [-0.05, 0) is 13.8 Å². The van der Waals surface area contributed by atoms with Gasteiger partial charge in [0.2, 0.25) is 5.88 Å². The van der Waals surface area contributed by atoms with Gasteiger partial charge in [-0.25, -0.2) is 9.99 Å². The number of nitrogens with zero attached hydrogens (tertiary/aromatic N) is 3. The predicted molar refractivity (Wildman–Crippen MR) is 55.2 cm³/mol. The van der Waals surface area contributed by atoms with E-state index in [1.165, 1.54) is 0 Å². The SMILES string of the molecule is CCOc1cc(NN(C)C)nc(C)n1. The molecule has 0 aliphatic heterocycles. The number of hydrogen-bond donors (Lipinski definition) is 1. The molecule has 0 saturated heterocycles. The number of hydrazine groups is 1. The highest BCUT2D eigenvalue weighted by Gasteiger charge is 2.02.